The van der Waals surface area contributed by atoms with Crippen LogP contribution < -0.4 is 10.6 Å². The lowest BCUT2D eigenvalue weighted by Crippen LogP contribution is -2.29. The maximum absolute atomic E-state index is 13.4. The van der Waals surface area contributed by atoms with Gasteiger partial charge >= 0.3 is 11.8 Å². The van der Waals surface area contributed by atoms with E-state index in [0.717, 1.165) is 49.1 Å². The van der Waals surface area contributed by atoms with Gasteiger partial charge in [-0.1, -0.05) is 0 Å². The Kier molecular flexibility index (Phi) is 4.31. The van der Waals surface area contributed by atoms with Gasteiger partial charge < -0.3 is 15.6 Å². The van der Waals surface area contributed by atoms with Gasteiger partial charge in [-0.2, -0.15) is 0 Å². The van der Waals surface area contributed by atoms with E-state index >= 15 is 0 Å². The average molecular weight is 370 g/mol. The van der Waals surface area contributed by atoms with Crippen LogP contribution in [0.5, 0.6) is 0 Å². The first-order chi connectivity index (χ1) is 13.0. The number of H-pyrrole nitrogens is 1. The van der Waals surface area contributed by atoms with Gasteiger partial charge in [-0.15, -0.1) is 0 Å². The van der Waals surface area contributed by atoms with Crippen molar-refractivity contribution >= 4 is 34.1 Å². The summed E-state index contributed by atoms with van der Waals surface area (Å²) < 4.78 is 26.7. The topological polar surface area (TPSA) is 86.9 Å². The molecule has 0 spiro atoms. The van der Waals surface area contributed by atoms with E-state index in [9.17, 15) is 18.4 Å². The standard InChI is InChI=1S/C19H16F2N4O2/c20-13-6-12-16(7-14(13)21)23-9-17(12)25-19(27)18(26)24-11-5-10-3-1-2-4-15(10)22-8-11/h5-9,23H,1-4H2,(H,24,26)(H,25,27). The molecule has 2 aromatic heterocycles. The van der Waals surface area contributed by atoms with Gasteiger partial charge in [0, 0.05) is 23.3 Å². The molecule has 1 aliphatic rings. The molecule has 0 atom stereocenters. The average Bonchev–Trinajstić information content (AvgIpc) is 3.03. The van der Waals surface area contributed by atoms with Crippen LogP contribution in [0.3, 0.4) is 0 Å². The Balaban J connectivity index is 1.48. The molecule has 2 heterocycles. The number of halogens is 2. The number of aromatic nitrogens is 2. The van der Waals surface area contributed by atoms with Gasteiger partial charge in [0.05, 0.1) is 23.1 Å². The van der Waals surface area contributed by atoms with Crippen LogP contribution in [-0.4, -0.2) is 21.8 Å². The molecule has 1 aliphatic carbocycles. The van der Waals surface area contributed by atoms with Crippen LogP contribution in [0.1, 0.15) is 24.1 Å². The van der Waals surface area contributed by atoms with E-state index < -0.39 is 23.4 Å². The number of pyridine rings is 1. The molecule has 4 rings (SSSR count). The van der Waals surface area contributed by atoms with Crippen LogP contribution in [0.4, 0.5) is 20.2 Å². The third-order valence-corrected chi connectivity index (χ3v) is 4.60. The number of hydrogen-bond donors (Lipinski definition) is 3. The Bertz CT molecular complexity index is 1060. The van der Waals surface area contributed by atoms with Crippen molar-refractivity contribution in [2.75, 3.05) is 10.6 Å². The quantitative estimate of drug-likeness (QED) is 0.605. The number of hydrogen-bond acceptors (Lipinski definition) is 3. The van der Waals surface area contributed by atoms with Gasteiger partial charge in [0.2, 0.25) is 0 Å². The van der Waals surface area contributed by atoms with Crippen LogP contribution in [-0.2, 0) is 22.4 Å². The zero-order valence-electron chi connectivity index (χ0n) is 14.2. The second kappa shape index (κ2) is 6.79. The number of nitrogens with zero attached hydrogens (tertiary/aromatic N) is 1. The maximum atomic E-state index is 13.4. The Hall–Kier alpha value is -3.29. The molecule has 2 amide bonds. The number of aromatic amines is 1. The number of aryl methyl sites for hydroxylation is 2. The SMILES string of the molecule is O=C(Nc1cnc2c(c1)CCCC2)C(=O)Nc1c[nH]c2cc(F)c(F)cc12. The Morgan fingerprint density at radius 3 is 2.59 bits per heavy atom. The Morgan fingerprint density at radius 2 is 1.74 bits per heavy atom. The summed E-state index contributed by atoms with van der Waals surface area (Å²) in [6.45, 7) is 0. The molecule has 0 bridgehead atoms. The third-order valence-electron chi connectivity index (χ3n) is 4.60. The molecule has 1 aromatic carbocycles. The van der Waals surface area contributed by atoms with Gasteiger partial charge in [-0.3, -0.25) is 14.6 Å². The van der Waals surface area contributed by atoms with E-state index in [1.807, 2.05) is 6.07 Å². The lowest BCUT2D eigenvalue weighted by atomic mass is 9.96. The second-order valence-electron chi connectivity index (χ2n) is 6.46. The molecule has 6 nitrogen and oxygen atoms in total. The van der Waals surface area contributed by atoms with Crippen LogP contribution in [0.15, 0.2) is 30.6 Å². The summed E-state index contributed by atoms with van der Waals surface area (Å²) in [7, 11) is 0. The fourth-order valence-corrected chi connectivity index (χ4v) is 3.24. The Morgan fingerprint density at radius 1 is 1.00 bits per heavy atom. The lowest BCUT2D eigenvalue weighted by Gasteiger charge is -2.15. The maximum Gasteiger partial charge on any atom is 0.314 e. The second-order valence-corrected chi connectivity index (χ2v) is 6.46. The summed E-state index contributed by atoms with van der Waals surface area (Å²) in [5.41, 5.74) is 3.05. The lowest BCUT2D eigenvalue weighted by molar-refractivity contribution is -0.132. The monoisotopic (exact) mass is 370 g/mol. The highest BCUT2D eigenvalue weighted by atomic mass is 19.2. The van der Waals surface area contributed by atoms with E-state index in [1.54, 1.807) is 0 Å². The largest absolute Gasteiger partial charge is 0.359 e. The number of rotatable bonds is 2. The number of benzene rings is 1. The van der Waals surface area contributed by atoms with Crippen molar-refractivity contribution in [1.82, 2.24) is 9.97 Å². The highest BCUT2D eigenvalue weighted by Crippen LogP contribution is 2.26. The van der Waals surface area contributed by atoms with E-state index in [2.05, 4.69) is 20.6 Å². The minimum Gasteiger partial charge on any atom is -0.359 e. The van der Waals surface area contributed by atoms with Crippen LogP contribution >= 0.6 is 0 Å². The summed E-state index contributed by atoms with van der Waals surface area (Å²) in [6, 6.07) is 3.78. The molecule has 138 valence electrons. The summed E-state index contributed by atoms with van der Waals surface area (Å²) in [5.74, 6) is -3.83. The predicted octanol–water partition coefficient (Wildman–Crippen LogP) is 3.30. The van der Waals surface area contributed by atoms with Gasteiger partial charge in [0.15, 0.2) is 11.6 Å². The third kappa shape index (κ3) is 3.38. The normalized spacial score (nSPS) is 13.3. The van der Waals surface area contributed by atoms with Crippen LogP contribution in [0.2, 0.25) is 0 Å². The first kappa shape index (κ1) is 17.1. The van der Waals surface area contributed by atoms with Crippen LogP contribution in [0, 0.1) is 11.6 Å². The van der Waals surface area contributed by atoms with Gasteiger partial charge in [0.25, 0.3) is 0 Å². The summed E-state index contributed by atoms with van der Waals surface area (Å²) in [6.07, 6.45) is 6.89. The smallest absolute Gasteiger partial charge is 0.314 e. The fourth-order valence-electron chi connectivity index (χ4n) is 3.24. The Labute approximate surface area is 153 Å². The van der Waals surface area contributed by atoms with Crippen LogP contribution in [0.25, 0.3) is 10.9 Å². The number of nitrogens with one attached hydrogen (secondary N) is 3. The molecular weight excluding hydrogens is 354 g/mol. The molecule has 0 unspecified atom stereocenters. The zero-order valence-corrected chi connectivity index (χ0v) is 14.2. The van der Waals surface area contributed by atoms with Crippen molar-refractivity contribution in [3.8, 4) is 0 Å². The molecule has 0 fully saturated rings. The van der Waals surface area contributed by atoms with Crippen molar-refractivity contribution in [2.24, 2.45) is 0 Å². The van der Waals surface area contributed by atoms with E-state index in [4.69, 9.17) is 0 Å². The first-order valence-electron chi connectivity index (χ1n) is 8.57. The zero-order chi connectivity index (χ0) is 19.0. The molecule has 3 aromatic rings. The fraction of sp³-hybridized carbons (Fsp3) is 0.211. The van der Waals surface area contributed by atoms with Gasteiger partial charge in [-0.05, 0) is 43.4 Å². The molecule has 0 radical (unpaired) electrons. The predicted molar refractivity (Wildman–Crippen MR) is 96.4 cm³/mol. The molecule has 8 heteroatoms. The summed E-state index contributed by atoms with van der Waals surface area (Å²) >= 11 is 0. The number of fused-ring (bicyclic) bond motifs is 2. The van der Waals surface area contributed by atoms with Crippen molar-refractivity contribution in [3.63, 3.8) is 0 Å². The molecule has 0 saturated carbocycles. The minimum absolute atomic E-state index is 0.188. The number of carbonyl (C=O) groups is 2. The van der Waals surface area contributed by atoms with Crippen molar-refractivity contribution in [2.45, 2.75) is 25.7 Å². The molecular formula is C19H16F2N4O2. The number of amides is 2. The molecule has 3 N–H and O–H groups in total. The minimum atomic E-state index is -1.04. The first-order valence-corrected chi connectivity index (χ1v) is 8.57. The molecule has 0 aliphatic heterocycles. The van der Waals surface area contributed by atoms with Crippen molar-refractivity contribution < 1.29 is 18.4 Å². The highest BCUT2D eigenvalue weighted by molar-refractivity contribution is 6.44. The molecule has 27 heavy (non-hydrogen) atoms. The van der Waals surface area contributed by atoms with Crippen molar-refractivity contribution in [3.05, 3.63) is 53.5 Å². The number of carbonyl (C=O) groups excluding carboxylic acids is 2. The van der Waals surface area contributed by atoms with E-state index in [1.165, 1.54) is 12.4 Å². The van der Waals surface area contributed by atoms with E-state index in [-0.39, 0.29) is 11.1 Å². The number of anilines is 2. The van der Waals surface area contributed by atoms with Gasteiger partial charge in [0.1, 0.15) is 0 Å². The van der Waals surface area contributed by atoms with Crippen molar-refractivity contribution in [1.29, 1.82) is 0 Å². The summed E-state index contributed by atoms with van der Waals surface area (Å²) in [4.78, 5) is 31.4. The molecule has 0 saturated heterocycles. The van der Waals surface area contributed by atoms with Gasteiger partial charge in [-0.25, -0.2) is 8.78 Å². The van der Waals surface area contributed by atoms with E-state index in [0.29, 0.717) is 11.2 Å². The highest BCUT2D eigenvalue weighted by Gasteiger charge is 2.18. The summed E-state index contributed by atoms with van der Waals surface area (Å²) in [5, 5.41) is 5.19.